The predicted octanol–water partition coefficient (Wildman–Crippen LogP) is 8.16. The van der Waals surface area contributed by atoms with E-state index in [-0.39, 0.29) is 22.5 Å². The van der Waals surface area contributed by atoms with Gasteiger partial charge in [-0.25, -0.2) is 43.9 Å². The molecule has 1 N–H and O–H groups in total. The maximum atomic E-state index is 14.0. The molecule has 4 aromatic rings. The first-order valence-electron chi connectivity index (χ1n) is 9.53. The number of benzene rings is 4. The Hall–Kier alpha value is -4.02. The van der Waals surface area contributed by atoms with Crippen molar-refractivity contribution in [2.45, 2.75) is 0 Å². The minimum absolute atomic E-state index is 0.279. The van der Waals surface area contributed by atoms with Gasteiger partial charge < -0.3 is 5.32 Å². The average Bonchev–Trinajstić information content (AvgIpc) is 2.86. The van der Waals surface area contributed by atoms with Gasteiger partial charge in [-0.15, -0.1) is 0 Å². The molecule has 0 aliphatic carbocycles. The summed E-state index contributed by atoms with van der Waals surface area (Å²) >= 11 is 0. The van der Waals surface area contributed by atoms with Crippen LogP contribution in [-0.4, -0.2) is 0 Å². The zero-order valence-corrected chi connectivity index (χ0v) is 16.9. The van der Waals surface area contributed by atoms with Crippen LogP contribution < -0.4 is 5.32 Å². The summed E-state index contributed by atoms with van der Waals surface area (Å²) in [6.45, 7) is 0. The second-order valence-corrected chi connectivity index (χ2v) is 7.17. The molecule has 0 aliphatic heterocycles. The molecule has 0 fully saturated rings. The fourth-order valence-corrected chi connectivity index (χ4v) is 3.32. The van der Waals surface area contributed by atoms with Crippen molar-refractivity contribution in [1.29, 1.82) is 0 Å². The number of rotatable bonds is 4. The highest BCUT2D eigenvalue weighted by Crippen LogP contribution is 2.34. The number of hydrogen-bond donors (Lipinski definition) is 1. The van der Waals surface area contributed by atoms with Crippen LogP contribution in [0.3, 0.4) is 0 Å². The average molecular weight is 501 g/mol. The second kappa shape index (κ2) is 8.97. The van der Waals surface area contributed by atoms with Gasteiger partial charge in [-0.3, -0.25) is 0 Å². The van der Waals surface area contributed by atoms with Crippen molar-refractivity contribution in [1.82, 2.24) is 0 Å². The van der Waals surface area contributed by atoms with Crippen molar-refractivity contribution in [3.8, 4) is 22.3 Å². The first-order chi connectivity index (χ1) is 16.5. The van der Waals surface area contributed by atoms with Crippen molar-refractivity contribution < 1.29 is 43.9 Å². The fraction of sp³-hybridized carbons (Fsp3) is 0. The van der Waals surface area contributed by atoms with E-state index in [2.05, 4.69) is 5.32 Å². The lowest BCUT2D eigenvalue weighted by Crippen LogP contribution is -2.04. The van der Waals surface area contributed by atoms with E-state index in [1.807, 2.05) is 0 Å². The number of hydrogen-bond acceptors (Lipinski definition) is 1. The molecule has 1 nitrogen and oxygen atoms in total. The lowest BCUT2D eigenvalue weighted by Gasteiger charge is -2.12. The normalized spacial score (nSPS) is 11.1. The van der Waals surface area contributed by atoms with Crippen LogP contribution >= 0.6 is 0 Å². The van der Waals surface area contributed by atoms with Gasteiger partial charge in [-0.1, -0.05) is 24.3 Å². The topological polar surface area (TPSA) is 12.0 Å². The van der Waals surface area contributed by atoms with Crippen LogP contribution in [0, 0.1) is 58.2 Å². The first-order valence-corrected chi connectivity index (χ1v) is 9.53. The van der Waals surface area contributed by atoms with Crippen molar-refractivity contribution >= 4 is 11.4 Å². The van der Waals surface area contributed by atoms with E-state index in [1.165, 1.54) is 24.3 Å². The van der Waals surface area contributed by atoms with E-state index >= 15 is 0 Å². The summed E-state index contributed by atoms with van der Waals surface area (Å²) in [5.41, 5.74) is -2.27. The van der Waals surface area contributed by atoms with Gasteiger partial charge in [0.25, 0.3) is 0 Å². The molecule has 0 unspecified atom stereocenters. The van der Waals surface area contributed by atoms with E-state index in [9.17, 15) is 43.9 Å². The minimum atomic E-state index is -2.28. The molecule has 0 saturated heterocycles. The van der Waals surface area contributed by atoms with E-state index in [1.54, 1.807) is 0 Å². The summed E-state index contributed by atoms with van der Waals surface area (Å²) in [5.74, 6) is -20.9. The first kappa shape index (κ1) is 24.1. The highest BCUT2D eigenvalue weighted by molar-refractivity contribution is 5.72. The monoisotopic (exact) mass is 501 g/mol. The maximum Gasteiger partial charge on any atom is 0.200 e. The SMILES string of the molecule is Fc1c(F)c(F)c(-c2ccc(Nc3ccc(-c4c(F)c(F)c(F)c(F)c4F)cc3)cc2)c(F)c1F. The van der Waals surface area contributed by atoms with Crippen LogP contribution in [0.4, 0.5) is 55.3 Å². The van der Waals surface area contributed by atoms with Gasteiger partial charge >= 0.3 is 0 Å². The van der Waals surface area contributed by atoms with Crippen molar-refractivity contribution in [3.05, 3.63) is 107 Å². The smallest absolute Gasteiger partial charge is 0.200 e. The van der Waals surface area contributed by atoms with E-state index in [4.69, 9.17) is 0 Å². The zero-order valence-electron chi connectivity index (χ0n) is 16.9. The summed E-state index contributed by atoms with van der Waals surface area (Å²) in [7, 11) is 0. The summed E-state index contributed by atoms with van der Waals surface area (Å²) in [6, 6.07) is 9.37. The molecule has 4 aromatic carbocycles. The number of nitrogens with one attached hydrogen (secondary N) is 1. The van der Waals surface area contributed by atoms with Gasteiger partial charge in [0.05, 0.1) is 11.1 Å². The Morgan fingerprint density at radius 2 is 0.543 bits per heavy atom. The third-order valence-electron chi connectivity index (χ3n) is 5.06. The van der Waals surface area contributed by atoms with E-state index in [0.717, 1.165) is 24.3 Å². The standard InChI is InChI=1S/C24H9F10N/c25-15-13(16(26)20(30)23(33)19(15)29)9-1-5-11(6-2-9)35-12-7-3-10(4-8-12)14-17(27)21(31)24(34)22(32)18(14)28/h1-8,35H. The molecule has 0 spiro atoms. The quantitative estimate of drug-likeness (QED) is 0.169. The molecular formula is C24H9F10N. The van der Waals surface area contributed by atoms with Crippen LogP contribution in [0.25, 0.3) is 22.3 Å². The summed E-state index contributed by atoms with van der Waals surface area (Å²) in [5, 5.41) is 2.79. The largest absolute Gasteiger partial charge is 0.356 e. The Morgan fingerprint density at radius 3 is 0.800 bits per heavy atom. The summed E-state index contributed by atoms with van der Waals surface area (Å²) in [4.78, 5) is 0. The molecule has 0 atom stereocenters. The van der Waals surface area contributed by atoms with Gasteiger partial charge in [0.2, 0.25) is 11.6 Å². The molecule has 0 heterocycles. The molecule has 180 valence electrons. The lowest BCUT2D eigenvalue weighted by atomic mass is 10.0. The molecule has 0 bridgehead atoms. The van der Waals surface area contributed by atoms with Gasteiger partial charge in [0.1, 0.15) is 0 Å². The molecular weight excluding hydrogens is 492 g/mol. The third-order valence-corrected chi connectivity index (χ3v) is 5.06. The molecule has 0 aromatic heterocycles. The molecule has 11 heteroatoms. The molecule has 4 rings (SSSR count). The number of anilines is 2. The molecule has 0 saturated carbocycles. The summed E-state index contributed by atoms with van der Waals surface area (Å²) < 4.78 is 136. The zero-order chi connectivity index (χ0) is 25.6. The van der Waals surface area contributed by atoms with Crippen molar-refractivity contribution in [2.75, 3.05) is 5.32 Å². The van der Waals surface area contributed by atoms with Crippen LogP contribution in [0.1, 0.15) is 0 Å². The van der Waals surface area contributed by atoms with Crippen LogP contribution in [-0.2, 0) is 0 Å². The maximum absolute atomic E-state index is 14.0. The Balaban J connectivity index is 1.60. The number of halogens is 10. The molecule has 0 radical (unpaired) electrons. The van der Waals surface area contributed by atoms with Gasteiger partial charge in [0, 0.05) is 11.4 Å². The molecule has 0 amide bonds. The Bertz CT molecular complexity index is 1280. The van der Waals surface area contributed by atoms with Crippen molar-refractivity contribution in [3.63, 3.8) is 0 Å². The third kappa shape index (κ3) is 4.07. The fourth-order valence-electron chi connectivity index (χ4n) is 3.32. The highest BCUT2D eigenvalue weighted by Gasteiger charge is 2.27. The second-order valence-electron chi connectivity index (χ2n) is 7.17. The van der Waals surface area contributed by atoms with E-state index < -0.39 is 69.3 Å². The van der Waals surface area contributed by atoms with Gasteiger partial charge in [-0.05, 0) is 35.4 Å². The lowest BCUT2D eigenvalue weighted by molar-refractivity contribution is 0.381. The predicted molar refractivity (Wildman–Crippen MR) is 107 cm³/mol. The molecule has 0 aliphatic rings. The van der Waals surface area contributed by atoms with Gasteiger partial charge in [-0.2, -0.15) is 0 Å². The van der Waals surface area contributed by atoms with Crippen LogP contribution in [0.2, 0.25) is 0 Å². The van der Waals surface area contributed by atoms with Crippen LogP contribution in [0.5, 0.6) is 0 Å². The Kier molecular flexibility index (Phi) is 6.18. The van der Waals surface area contributed by atoms with Gasteiger partial charge in [0.15, 0.2) is 46.5 Å². The molecule has 35 heavy (non-hydrogen) atoms. The van der Waals surface area contributed by atoms with E-state index in [0.29, 0.717) is 0 Å². The Morgan fingerprint density at radius 1 is 0.314 bits per heavy atom. The van der Waals surface area contributed by atoms with Crippen LogP contribution in [0.15, 0.2) is 48.5 Å². The Labute approximate surface area is 190 Å². The van der Waals surface area contributed by atoms with Crippen molar-refractivity contribution in [2.24, 2.45) is 0 Å². The summed E-state index contributed by atoms with van der Waals surface area (Å²) in [6.07, 6.45) is 0. The minimum Gasteiger partial charge on any atom is -0.356 e. The highest BCUT2D eigenvalue weighted by atomic mass is 19.2.